The molecular formula is C43H40BrN11O9. The maximum absolute atomic E-state index is 12.5. The molecule has 0 amide bonds. The monoisotopic (exact) mass is 933 g/mol. The van der Waals surface area contributed by atoms with Gasteiger partial charge in [0.05, 0.1) is 44.6 Å². The molecule has 0 unspecified atom stereocenters. The molecule has 2 N–H and O–H groups in total. The smallest absolute Gasteiger partial charge is 0.360 e. The summed E-state index contributed by atoms with van der Waals surface area (Å²) in [5.41, 5.74) is 6.73. The fourth-order valence-corrected chi connectivity index (χ4v) is 7.16. The van der Waals surface area contributed by atoms with Crippen LogP contribution in [0.1, 0.15) is 17.1 Å². The average Bonchev–Trinajstić information content (AvgIpc) is 3.82. The van der Waals surface area contributed by atoms with E-state index in [-0.39, 0.29) is 35.5 Å². The van der Waals surface area contributed by atoms with Crippen molar-refractivity contribution >= 4 is 33.0 Å². The lowest BCUT2D eigenvalue weighted by Gasteiger charge is -2.10. The number of rotatable bonds is 12. The van der Waals surface area contributed by atoms with E-state index in [0.717, 1.165) is 5.69 Å². The number of nitrogens with zero attached hydrogens (tertiary/aromatic N) is 10. The van der Waals surface area contributed by atoms with Gasteiger partial charge in [0, 0.05) is 33.5 Å². The van der Waals surface area contributed by atoms with Crippen molar-refractivity contribution in [1.29, 1.82) is 0 Å². The average molecular weight is 935 g/mol. The molecule has 8 rings (SSSR count). The summed E-state index contributed by atoms with van der Waals surface area (Å²) in [6.07, 6.45) is 6.38. The highest BCUT2D eigenvalue weighted by atomic mass is 79.9. The van der Waals surface area contributed by atoms with Crippen LogP contribution in [0.5, 0.6) is 11.5 Å². The molecule has 0 bridgehead atoms. The van der Waals surface area contributed by atoms with Crippen LogP contribution in [0.15, 0.2) is 154 Å². The molecule has 5 heterocycles. The van der Waals surface area contributed by atoms with E-state index in [9.17, 15) is 34.6 Å². The van der Waals surface area contributed by atoms with Crippen LogP contribution >= 0.6 is 15.9 Å². The summed E-state index contributed by atoms with van der Waals surface area (Å²) < 4.78 is 19.9. The first-order valence-electron chi connectivity index (χ1n) is 19.1. The Morgan fingerprint density at radius 1 is 0.547 bits per heavy atom. The lowest BCUT2D eigenvalue weighted by atomic mass is 10.3. The van der Waals surface area contributed by atoms with Gasteiger partial charge in [-0.15, -0.1) is 0 Å². The molecule has 0 saturated heterocycles. The highest BCUT2D eigenvalue weighted by Crippen LogP contribution is 2.21. The van der Waals surface area contributed by atoms with Gasteiger partial charge in [0.2, 0.25) is 0 Å². The lowest BCUT2D eigenvalue weighted by Crippen LogP contribution is -2.20. The number of nitrogen functional groups attached to an aromatic ring is 1. The van der Waals surface area contributed by atoms with E-state index in [1.165, 1.54) is 29.6 Å². The minimum absolute atomic E-state index is 0.117. The largest absolute Gasteiger partial charge is 0.486 e. The van der Waals surface area contributed by atoms with Gasteiger partial charge in [-0.25, -0.2) is 14.0 Å². The summed E-state index contributed by atoms with van der Waals surface area (Å²) >= 11 is 3.17. The van der Waals surface area contributed by atoms with Crippen molar-refractivity contribution in [3.8, 4) is 28.6 Å². The number of nitrogens with two attached hydrogens (primary N) is 1. The summed E-state index contributed by atoms with van der Waals surface area (Å²) in [6, 6.07) is 33.8. The number of hydrogen-bond acceptors (Lipinski definition) is 12. The van der Waals surface area contributed by atoms with Gasteiger partial charge < -0.3 is 15.2 Å². The van der Waals surface area contributed by atoms with Crippen LogP contribution in [0, 0.1) is 20.2 Å². The molecule has 0 fully saturated rings. The molecule has 64 heavy (non-hydrogen) atoms. The Balaban J connectivity index is 0.000000161. The number of para-hydroxylation sites is 3. The van der Waals surface area contributed by atoms with Crippen LogP contribution in [-0.4, -0.2) is 47.9 Å². The molecule has 8 aromatic rings. The molecule has 0 aliphatic carbocycles. The molecular weight excluding hydrogens is 894 g/mol. The number of benzene rings is 3. The number of pyridine rings is 2. The van der Waals surface area contributed by atoms with Crippen molar-refractivity contribution < 1.29 is 19.3 Å². The van der Waals surface area contributed by atoms with Crippen molar-refractivity contribution in [2.75, 3.05) is 5.73 Å². The van der Waals surface area contributed by atoms with E-state index < -0.39 is 32.3 Å². The molecule has 21 heteroatoms. The van der Waals surface area contributed by atoms with Crippen molar-refractivity contribution in [3.63, 3.8) is 0 Å². The molecule has 3 aromatic carbocycles. The van der Waals surface area contributed by atoms with Crippen molar-refractivity contribution in [2.24, 2.45) is 21.1 Å². The van der Waals surface area contributed by atoms with Crippen LogP contribution in [0.2, 0.25) is 0 Å². The number of anilines is 1. The van der Waals surface area contributed by atoms with Gasteiger partial charge in [0.15, 0.2) is 5.69 Å². The third kappa shape index (κ3) is 9.73. The molecule has 5 aromatic heterocycles. The Morgan fingerprint density at radius 2 is 0.906 bits per heavy atom. The third-order valence-electron chi connectivity index (χ3n) is 9.66. The maximum Gasteiger partial charge on any atom is 0.360 e. The van der Waals surface area contributed by atoms with E-state index in [2.05, 4.69) is 25.9 Å². The third-order valence-corrected chi connectivity index (χ3v) is 10.2. The van der Waals surface area contributed by atoms with Crippen molar-refractivity contribution in [1.82, 2.24) is 38.1 Å². The van der Waals surface area contributed by atoms with E-state index in [4.69, 9.17) is 15.2 Å². The van der Waals surface area contributed by atoms with E-state index >= 15 is 0 Å². The molecule has 0 aliphatic heterocycles. The molecule has 0 saturated carbocycles. The standard InChI is InChI=1S/C16H14N4O4.C16H16N4O2.C11H10BrN3O3/c1-18-14(11-24-13-8-5-9-17-10-13)15(20(22)23)16(21)19(18)12-6-3-2-4-7-12;1-19-14(11-22-13-8-5-9-18-10-13)15(17)16(21)20(19)12-6-3-2-4-7-12;1-13-9(7-12)10(15(17)18)11(16)14(13)8-5-3-2-4-6-8/h2-10H,11H2,1H3;2-10H,11,17H2,1H3;2-6H,7H2,1H3. The highest BCUT2D eigenvalue weighted by molar-refractivity contribution is 9.08. The second kappa shape index (κ2) is 20.5. The number of hydrogen-bond donors (Lipinski definition) is 1. The molecule has 0 radical (unpaired) electrons. The van der Waals surface area contributed by atoms with Crippen LogP contribution in [0.3, 0.4) is 0 Å². The first kappa shape index (κ1) is 45.2. The van der Waals surface area contributed by atoms with Gasteiger partial charge in [-0.1, -0.05) is 70.5 Å². The van der Waals surface area contributed by atoms with Gasteiger partial charge >= 0.3 is 22.5 Å². The Bertz CT molecular complexity index is 3040. The first-order chi connectivity index (χ1) is 30.8. The van der Waals surface area contributed by atoms with Crippen molar-refractivity contribution in [2.45, 2.75) is 18.5 Å². The SMILES string of the molecule is Cn1c(CBr)c([N+](=O)[O-])c(=O)n1-c1ccccc1.Cn1c(COc2cccnc2)c(N)c(=O)n1-c1ccccc1.Cn1c(COc2cccnc2)c([N+](=O)[O-])c(=O)n1-c1ccccc1. The first-order valence-corrected chi connectivity index (χ1v) is 20.2. The second-order valence-electron chi connectivity index (χ2n) is 13.5. The number of alkyl halides is 1. The zero-order valence-electron chi connectivity index (χ0n) is 34.5. The second-order valence-corrected chi connectivity index (χ2v) is 14.0. The predicted molar refractivity (Wildman–Crippen MR) is 241 cm³/mol. The van der Waals surface area contributed by atoms with Crippen LogP contribution < -0.4 is 31.9 Å². The zero-order valence-corrected chi connectivity index (χ0v) is 36.1. The van der Waals surface area contributed by atoms with Crippen LogP contribution in [0.4, 0.5) is 17.1 Å². The lowest BCUT2D eigenvalue weighted by molar-refractivity contribution is -0.387. The van der Waals surface area contributed by atoms with Crippen molar-refractivity contribution in [3.05, 3.63) is 208 Å². The Kier molecular flexibility index (Phi) is 14.5. The fourth-order valence-electron chi connectivity index (χ4n) is 6.53. The maximum atomic E-state index is 12.5. The van der Waals surface area contributed by atoms with Gasteiger partial charge in [0.25, 0.3) is 5.56 Å². The summed E-state index contributed by atoms with van der Waals surface area (Å²) in [6.45, 7) is 0.0800. The number of aromatic nitrogens is 8. The highest BCUT2D eigenvalue weighted by Gasteiger charge is 2.29. The minimum atomic E-state index is -0.696. The predicted octanol–water partition coefficient (Wildman–Crippen LogP) is 5.77. The molecule has 328 valence electrons. The molecule has 0 spiro atoms. The summed E-state index contributed by atoms with van der Waals surface area (Å²) in [5.74, 6) is 1.09. The van der Waals surface area contributed by atoms with Crippen LogP contribution in [0.25, 0.3) is 17.1 Å². The van der Waals surface area contributed by atoms with Gasteiger partial charge in [-0.05, 0) is 60.7 Å². The topological polar surface area (TPSA) is 237 Å². The van der Waals surface area contributed by atoms with Gasteiger partial charge in [-0.3, -0.25) is 58.6 Å². The summed E-state index contributed by atoms with van der Waals surface area (Å²) in [4.78, 5) is 65.9. The summed E-state index contributed by atoms with van der Waals surface area (Å²) in [5, 5.41) is 22.6. The molecule has 0 aliphatic rings. The number of ether oxygens (including phenoxy) is 2. The number of nitro groups is 2. The zero-order chi connectivity index (χ0) is 45.9. The van der Waals surface area contributed by atoms with E-state index in [1.54, 1.807) is 123 Å². The fraction of sp³-hybridized carbons (Fsp3) is 0.140. The quantitative estimate of drug-likeness (QED) is 0.0873. The van der Waals surface area contributed by atoms with Gasteiger partial charge in [0.1, 0.15) is 41.8 Å². The molecule has 20 nitrogen and oxygen atoms in total. The van der Waals surface area contributed by atoms with Gasteiger partial charge in [-0.2, -0.15) is 0 Å². The minimum Gasteiger partial charge on any atom is -0.486 e. The van der Waals surface area contributed by atoms with E-state index in [1.807, 2.05) is 36.4 Å². The Labute approximate surface area is 371 Å². The van der Waals surface area contributed by atoms with E-state index in [0.29, 0.717) is 34.3 Å². The molecule has 0 atom stereocenters. The normalized spacial score (nSPS) is 10.6. The Hall–Kier alpha value is -8.33. The number of halogens is 1. The summed E-state index contributed by atoms with van der Waals surface area (Å²) in [7, 11) is 4.99. The van der Waals surface area contributed by atoms with Crippen LogP contribution in [-0.2, 0) is 39.7 Å². The Morgan fingerprint density at radius 3 is 1.27 bits per heavy atom.